The zero-order valence-electron chi connectivity index (χ0n) is 20.2. The lowest BCUT2D eigenvalue weighted by atomic mass is 9.98. The highest BCUT2D eigenvalue weighted by Crippen LogP contribution is 2.44. The van der Waals surface area contributed by atoms with E-state index >= 15 is 0 Å². The molecular formula is C27H23N7O2S. The Morgan fingerprint density at radius 3 is 2.51 bits per heavy atom. The highest BCUT2D eigenvalue weighted by molar-refractivity contribution is 7.99. The van der Waals surface area contributed by atoms with E-state index in [0.29, 0.717) is 28.1 Å². The number of carbonyl (C=O) groups excluding carboxylic acids is 1. The van der Waals surface area contributed by atoms with Gasteiger partial charge in [-0.3, -0.25) is 4.79 Å². The summed E-state index contributed by atoms with van der Waals surface area (Å²) in [6, 6.07) is 15.3. The van der Waals surface area contributed by atoms with E-state index in [9.17, 15) is 4.79 Å². The Hall–Kier alpha value is -4.70. The first-order chi connectivity index (χ1) is 18.0. The fraction of sp³-hybridized carbons (Fsp3) is 0.0741. The van der Waals surface area contributed by atoms with Gasteiger partial charge in [0.1, 0.15) is 23.5 Å². The molecule has 0 bridgehead atoms. The minimum absolute atomic E-state index is 0.271. The lowest BCUT2D eigenvalue weighted by Gasteiger charge is -2.13. The molecule has 1 amide bonds. The van der Waals surface area contributed by atoms with Crippen molar-refractivity contribution >= 4 is 40.2 Å². The predicted octanol–water partition coefficient (Wildman–Crippen LogP) is 4.96. The lowest BCUT2D eigenvalue weighted by molar-refractivity contribution is -0.111. The summed E-state index contributed by atoms with van der Waals surface area (Å²) in [6.07, 6.45) is 6.10. The van der Waals surface area contributed by atoms with Gasteiger partial charge >= 0.3 is 0 Å². The molecule has 0 aliphatic carbocycles. The topological polar surface area (TPSA) is 121 Å². The van der Waals surface area contributed by atoms with Crippen LogP contribution in [-0.4, -0.2) is 37.5 Å². The van der Waals surface area contributed by atoms with E-state index in [1.807, 2.05) is 54.1 Å². The molecule has 184 valence electrons. The first kappa shape index (κ1) is 24.0. The van der Waals surface area contributed by atoms with E-state index in [2.05, 4.69) is 31.8 Å². The minimum atomic E-state index is -0.271. The summed E-state index contributed by atoms with van der Waals surface area (Å²) in [6.45, 7) is 3.50. The summed E-state index contributed by atoms with van der Waals surface area (Å²) in [4.78, 5) is 29.9. The molecule has 0 saturated heterocycles. The molecule has 0 aliphatic rings. The number of rotatable bonds is 7. The van der Waals surface area contributed by atoms with Crippen LogP contribution in [0.5, 0.6) is 5.75 Å². The molecule has 3 N–H and O–H groups in total. The average molecular weight is 510 g/mol. The number of anilines is 2. The quantitative estimate of drug-likeness (QED) is 0.233. The number of nitrogen functional groups attached to an aromatic ring is 1. The van der Waals surface area contributed by atoms with Gasteiger partial charge < -0.3 is 20.4 Å². The molecule has 5 aromatic rings. The Kier molecular flexibility index (Phi) is 6.57. The second-order valence-corrected chi connectivity index (χ2v) is 9.02. The van der Waals surface area contributed by atoms with Crippen LogP contribution in [0.4, 0.5) is 11.5 Å². The fourth-order valence-corrected chi connectivity index (χ4v) is 4.95. The van der Waals surface area contributed by atoms with E-state index in [-0.39, 0.29) is 5.91 Å². The van der Waals surface area contributed by atoms with Gasteiger partial charge in [-0.1, -0.05) is 24.8 Å². The third-order valence-corrected chi connectivity index (χ3v) is 6.75. The second kappa shape index (κ2) is 10.1. The summed E-state index contributed by atoms with van der Waals surface area (Å²) in [5.74, 6) is 0.787. The number of nitrogens with one attached hydrogen (secondary N) is 1. The average Bonchev–Trinajstić information content (AvgIpc) is 3.23. The van der Waals surface area contributed by atoms with Crippen LogP contribution in [-0.2, 0) is 11.8 Å². The predicted molar refractivity (Wildman–Crippen MR) is 145 cm³/mol. The monoisotopic (exact) mass is 509 g/mol. The standard InChI is InChI=1S/C27H23N7O2S/c1-4-21(35)33-18-9-6-16(7-10-18)24-22(23-25(28)31-15-32-26(23)34(24)2)17-8-11-20(19(14-17)36-3)37-27-29-12-5-13-30-27/h4-15H,1H2,2-3H3,(H,33,35)(H2,28,31,32). The number of hydrogen-bond donors (Lipinski definition) is 2. The van der Waals surface area contributed by atoms with Crippen LogP contribution in [0.2, 0.25) is 0 Å². The third-order valence-electron chi connectivity index (χ3n) is 5.80. The second-order valence-electron chi connectivity index (χ2n) is 8.01. The highest BCUT2D eigenvalue weighted by Gasteiger charge is 2.23. The zero-order chi connectivity index (χ0) is 25.9. The minimum Gasteiger partial charge on any atom is -0.496 e. The van der Waals surface area contributed by atoms with Gasteiger partial charge in [0.25, 0.3) is 0 Å². The molecule has 9 nitrogen and oxygen atoms in total. The molecule has 0 radical (unpaired) electrons. The van der Waals surface area contributed by atoms with Crippen molar-refractivity contribution in [3.05, 3.63) is 79.9 Å². The van der Waals surface area contributed by atoms with Gasteiger partial charge in [0, 0.05) is 30.7 Å². The van der Waals surface area contributed by atoms with Gasteiger partial charge in [-0.15, -0.1) is 0 Å². The first-order valence-corrected chi connectivity index (χ1v) is 12.1. The van der Waals surface area contributed by atoms with Crippen LogP contribution in [0, 0.1) is 0 Å². The number of carbonyl (C=O) groups is 1. The Morgan fingerprint density at radius 1 is 1.08 bits per heavy atom. The smallest absolute Gasteiger partial charge is 0.247 e. The Labute approximate surface area is 217 Å². The number of aromatic nitrogens is 5. The molecule has 0 saturated carbocycles. The molecule has 37 heavy (non-hydrogen) atoms. The lowest BCUT2D eigenvalue weighted by Crippen LogP contribution is -2.06. The number of methoxy groups -OCH3 is 1. The maximum atomic E-state index is 11.7. The number of amides is 1. The number of benzene rings is 2. The van der Waals surface area contributed by atoms with E-state index in [1.54, 1.807) is 25.6 Å². The maximum Gasteiger partial charge on any atom is 0.247 e. The molecular weight excluding hydrogens is 486 g/mol. The summed E-state index contributed by atoms with van der Waals surface area (Å²) < 4.78 is 7.74. The van der Waals surface area contributed by atoms with Crippen LogP contribution in [0.25, 0.3) is 33.4 Å². The van der Waals surface area contributed by atoms with Crippen LogP contribution in [0.1, 0.15) is 0 Å². The van der Waals surface area contributed by atoms with Crippen molar-refractivity contribution < 1.29 is 9.53 Å². The Morgan fingerprint density at radius 2 is 1.81 bits per heavy atom. The molecule has 0 aliphatic heterocycles. The number of ether oxygens (including phenoxy) is 1. The first-order valence-electron chi connectivity index (χ1n) is 11.3. The van der Waals surface area contributed by atoms with Crippen LogP contribution >= 0.6 is 11.8 Å². The van der Waals surface area contributed by atoms with Gasteiger partial charge in [-0.25, -0.2) is 19.9 Å². The molecule has 3 heterocycles. The van der Waals surface area contributed by atoms with Gasteiger partial charge in [0.15, 0.2) is 5.16 Å². The molecule has 0 atom stereocenters. The fourth-order valence-electron chi connectivity index (χ4n) is 4.14. The zero-order valence-corrected chi connectivity index (χ0v) is 21.0. The van der Waals surface area contributed by atoms with E-state index < -0.39 is 0 Å². The largest absolute Gasteiger partial charge is 0.496 e. The van der Waals surface area contributed by atoms with Crippen molar-refractivity contribution in [2.45, 2.75) is 10.1 Å². The van der Waals surface area contributed by atoms with Crippen molar-refractivity contribution in [3.63, 3.8) is 0 Å². The number of nitrogens with zero attached hydrogens (tertiary/aromatic N) is 5. The van der Waals surface area contributed by atoms with Crippen molar-refractivity contribution in [1.29, 1.82) is 0 Å². The molecule has 0 unspecified atom stereocenters. The molecule has 3 aromatic heterocycles. The van der Waals surface area contributed by atoms with E-state index in [0.717, 1.165) is 32.7 Å². The van der Waals surface area contributed by atoms with Gasteiger partial charge in [-0.05, 0) is 59.3 Å². The summed E-state index contributed by atoms with van der Waals surface area (Å²) in [5.41, 5.74) is 11.3. The Bertz CT molecular complexity index is 1620. The molecule has 0 fully saturated rings. The molecule has 0 spiro atoms. The van der Waals surface area contributed by atoms with Gasteiger partial charge in [0.2, 0.25) is 5.91 Å². The Balaban J connectivity index is 1.66. The SMILES string of the molecule is C=CC(=O)Nc1ccc(-c2c(-c3ccc(Sc4ncccn4)c(OC)c3)c3c(N)ncnc3n2C)cc1. The molecule has 5 rings (SSSR count). The van der Waals surface area contributed by atoms with Crippen molar-refractivity contribution in [3.8, 4) is 28.1 Å². The van der Waals surface area contributed by atoms with Crippen molar-refractivity contribution in [2.75, 3.05) is 18.2 Å². The molecule has 10 heteroatoms. The van der Waals surface area contributed by atoms with Crippen molar-refractivity contribution in [2.24, 2.45) is 7.05 Å². The van der Waals surface area contributed by atoms with Gasteiger partial charge in [-0.2, -0.15) is 0 Å². The van der Waals surface area contributed by atoms with Gasteiger partial charge in [0.05, 0.1) is 23.1 Å². The van der Waals surface area contributed by atoms with Crippen molar-refractivity contribution in [1.82, 2.24) is 24.5 Å². The van der Waals surface area contributed by atoms with Crippen LogP contribution in [0.15, 0.2) is 90.0 Å². The number of fused-ring (bicyclic) bond motifs is 1. The third kappa shape index (κ3) is 4.62. The summed E-state index contributed by atoms with van der Waals surface area (Å²) in [7, 11) is 3.57. The molecule has 2 aromatic carbocycles. The maximum absolute atomic E-state index is 11.7. The number of nitrogens with two attached hydrogens (primary N) is 1. The van der Waals surface area contributed by atoms with E-state index in [4.69, 9.17) is 10.5 Å². The summed E-state index contributed by atoms with van der Waals surface area (Å²) >= 11 is 1.42. The van der Waals surface area contributed by atoms with Crippen LogP contribution in [0.3, 0.4) is 0 Å². The highest BCUT2D eigenvalue weighted by atomic mass is 32.2. The number of aryl methyl sites for hydroxylation is 1. The van der Waals surface area contributed by atoms with E-state index in [1.165, 1.54) is 24.2 Å². The normalized spacial score (nSPS) is 10.9. The number of hydrogen-bond acceptors (Lipinski definition) is 8. The summed E-state index contributed by atoms with van der Waals surface area (Å²) in [5, 5.41) is 4.15. The van der Waals surface area contributed by atoms with Crippen LogP contribution < -0.4 is 15.8 Å².